The second-order valence-corrected chi connectivity index (χ2v) is 5.37. The summed E-state index contributed by atoms with van der Waals surface area (Å²) < 4.78 is 2.80. The number of nitrogens with zero attached hydrogens (tertiary/aromatic N) is 3. The lowest BCUT2D eigenvalue weighted by Gasteiger charge is -2.23. The van der Waals surface area contributed by atoms with Crippen molar-refractivity contribution in [3.63, 3.8) is 0 Å². The van der Waals surface area contributed by atoms with Crippen molar-refractivity contribution >= 4 is 15.9 Å². The number of aromatic nitrogens is 3. The first-order valence-corrected chi connectivity index (χ1v) is 6.67. The van der Waals surface area contributed by atoms with Crippen LogP contribution in [0.5, 0.6) is 0 Å². The molecule has 1 atom stereocenters. The van der Waals surface area contributed by atoms with E-state index in [2.05, 4.69) is 26.0 Å². The van der Waals surface area contributed by atoms with Crippen LogP contribution >= 0.6 is 15.9 Å². The maximum Gasteiger partial charge on any atom is 0.138 e. The first-order valence-electron chi connectivity index (χ1n) is 5.88. The largest absolute Gasteiger partial charge is 0.385 e. The van der Waals surface area contributed by atoms with Crippen LogP contribution < -0.4 is 0 Å². The maximum absolute atomic E-state index is 10.6. The minimum atomic E-state index is -0.944. The zero-order chi connectivity index (χ0) is 13.2. The summed E-state index contributed by atoms with van der Waals surface area (Å²) in [5, 5.41) is 14.7. The van der Waals surface area contributed by atoms with Crippen LogP contribution in [0.4, 0.5) is 0 Å². The smallest absolute Gasteiger partial charge is 0.138 e. The number of hydrogen-bond acceptors (Lipinski definition) is 3. The monoisotopic (exact) mass is 309 g/mol. The Morgan fingerprint density at radius 1 is 1.33 bits per heavy atom. The SMILES string of the molecule is CCn1ncnc1CC(C)(O)c1ccc(Br)cc1. The molecule has 0 saturated heterocycles. The van der Waals surface area contributed by atoms with Crippen molar-refractivity contribution in [2.24, 2.45) is 0 Å². The van der Waals surface area contributed by atoms with E-state index in [1.165, 1.54) is 6.33 Å². The van der Waals surface area contributed by atoms with Crippen LogP contribution in [0.3, 0.4) is 0 Å². The van der Waals surface area contributed by atoms with Gasteiger partial charge >= 0.3 is 0 Å². The molecule has 18 heavy (non-hydrogen) atoms. The summed E-state index contributed by atoms with van der Waals surface area (Å²) in [6.45, 7) is 4.56. The quantitative estimate of drug-likeness (QED) is 0.944. The molecular weight excluding hydrogens is 294 g/mol. The second kappa shape index (κ2) is 5.20. The van der Waals surface area contributed by atoms with Crippen LogP contribution in [0, 0.1) is 0 Å². The average molecular weight is 310 g/mol. The average Bonchev–Trinajstić information content (AvgIpc) is 2.76. The normalized spacial score (nSPS) is 14.4. The van der Waals surface area contributed by atoms with Crippen molar-refractivity contribution in [3.8, 4) is 0 Å². The number of benzene rings is 1. The molecule has 0 aliphatic rings. The van der Waals surface area contributed by atoms with Gasteiger partial charge in [-0.3, -0.25) is 4.68 Å². The van der Waals surface area contributed by atoms with Crippen molar-refractivity contribution in [2.45, 2.75) is 32.4 Å². The summed E-state index contributed by atoms with van der Waals surface area (Å²) in [6.07, 6.45) is 1.97. The van der Waals surface area contributed by atoms with Gasteiger partial charge in [0, 0.05) is 17.4 Å². The predicted molar refractivity (Wildman–Crippen MR) is 73.1 cm³/mol. The Bertz CT molecular complexity index is 519. The molecule has 96 valence electrons. The third-order valence-corrected chi connectivity index (χ3v) is 3.49. The van der Waals surface area contributed by atoms with Crippen LogP contribution in [-0.4, -0.2) is 19.9 Å². The van der Waals surface area contributed by atoms with Crippen molar-refractivity contribution in [3.05, 3.63) is 46.5 Å². The number of rotatable bonds is 4. The molecule has 0 spiro atoms. The summed E-state index contributed by atoms with van der Waals surface area (Å²) in [4.78, 5) is 4.20. The van der Waals surface area contributed by atoms with Gasteiger partial charge in [-0.25, -0.2) is 4.98 Å². The third kappa shape index (κ3) is 2.79. The lowest BCUT2D eigenvalue weighted by atomic mass is 9.92. The molecule has 1 unspecified atom stereocenters. The number of halogens is 1. The fraction of sp³-hybridized carbons (Fsp3) is 0.385. The zero-order valence-electron chi connectivity index (χ0n) is 10.5. The Balaban J connectivity index is 2.23. The molecule has 0 aliphatic carbocycles. The topological polar surface area (TPSA) is 50.9 Å². The molecule has 5 heteroatoms. The van der Waals surface area contributed by atoms with E-state index in [4.69, 9.17) is 0 Å². The fourth-order valence-corrected chi connectivity index (χ4v) is 2.17. The van der Waals surface area contributed by atoms with Gasteiger partial charge in [0.2, 0.25) is 0 Å². The summed E-state index contributed by atoms with van der Waals surface area (Å²) in [7, 11) is 0. The molecule has 0 amide bonds. The molecule has 2 rings (SSSR count). The van der Waals surface area contributed by atoms with Crippen molar-refractivity contribution in [2.75, 3.05) is 0 Å². The molecule has 0 bridgehead atoms. The van der Waals surface area contributed by atoms with Gasteiger partial charge in [0.15, 0.2) is 0 Å². The highest BCUT2D eigenvalue weighted by Gasteiger charge is 2.25. The van der Waals surface area contributed by atoms with Gasteiger partial charge in [-0.05, 0) is 31.5 Å². The zero-order valence-corrected chi connectivity index (χ0v) is 12.1. The molecule has 1 N–H and O–H groups in total. The predicted octanol–water partition coefficient (Wildman–Crippen LogP) is 2.51. The molecular formula is C13H16BrN3O. The highest BCUT2D eigenvalue weighted by molar-refractivity contribution is 9.10. The Labute approximate surface area is 115 Å². The molecule has 0 radical (unpaired) electrons. The highest BCUT2D eigenvalue weighted by atomic mass is 79.9. The van der Waals surface area contributed by atoms with Crippen LogP contribution in [0.2, 0.25) is 0 Å². The summed E-state index contributed by atoms with van der Waals surface area (Å²) in [5.41, 5.74) is -0.0722. The molecule has 0 saturated carbocycles. The van der Waals surface area contributed by atoms with Crippen LogP contribution in [0.25, 0.3) is 0 Å². The van der Waals surface area contributed by atoms with Gasteiger partial charge in [0.25, 0.3) is 0 Å². The van der Waals surface area contributed by atoms with Gasteiger partial charge < -0.3 is 5.11 Å². The van der Waals surface area contributed by atoms with E-state index in [0.717, 1.165) is 22.4 Å². The van der Waals surface area contributed by atoms with E-state index in [1.807, 2.05) is 31.2 Å². The van der Waals surface area contributed by atoms with Gasteiger partial charge in [-0.1, -0.05) is 28.1 Å². The van der Waals surface area contributed by atoms with E-state index >= 15 is 0 Å². The second-order valence-electron chi connectivity index (χ2n) is 4.45. The first-order chi connectivity index (χ1) is 8.53. The Morgan fingerprint density at radius 3 is 2.61 bits per heavy atom. The molecule has 4 nitrogen and oxygen atoms in total. The highest BCUT2D eigenvalue weighted by Crippen LogP contribution is 2.25. The molecule has 1 aromatic heterocycles. The van der Waals surface area contributed by atoms with Crippen LogP contribution in [0.1, 0.15) is 25.2 Å². The van der Waals surface area contributed by atoms with Crippen molar-refractivity contribution in [1.82, 2.24) is 14.8 Å². The maximum atomic E-state index is 10.6. The van der Waals surface area contributed by atoms with Crippen LogP contribution in [0.15, 0.2) is 35.1 Å². The lowest BCUT2D eigenvalue weighted by molar-refractivity contribution is 0.0543. The molecule has 2 aromatic rings. The number of aryl methyl sites for hydroxylation is 1. The lowest BCUT2D eigenvalue weighted by Crippen LogP contribution is -2.26. The summed E-state index contributed by atoms with van der Waals surface area (Å²) in [5.74, 6) is 0.797. The Kier molecular flexibility index (Phi) is 3.82. The van der Waals surface area contributed by atoms with E-state index in [-0.39, 0.29) is 0 Å². The van der Waals surface area contributed by atoms with E-state index < -0.39 is 5.60 Å². The van der Waals surface area contributed by atoms with Gasteiger partial charge in [0.1, 0.15) is 12.2 Å². The number of aliphatic hydroxyl groups is 1. The first kappa shape index (κ1) is 13.2. The van der Waals surface area contributed by atoms with Gasteiger partial charge in [-0.15, -0.1) is 0 Å². The van der Waals surface area contributed by atoms with Crippen molar-refractivity contribution in [1.29, 1.82) is 0 Å². The van der Waals surface area contributed by atoms with E-state index in [0.29, 0.717) is 6.42 Å². The third-order valence-electron chi connectivity index (χ3n) is 2.96. The number of hydrogen-bond donors (Lipinski definition) is 1. The van der Waals surface area contributed by atoms with Crippen LogP contribution in [-0.2, 0) is 18.6 Å². The van der Waals surface area contributed by atoms with E-state index in [9.17, 15) is 5.11 Å². The summed E-state index contributed by atoms with van der Waals surface area (Å²) in [6, 6.07) is 7.68. The fourth-order valence-electron chi connectivity index (χ4n) is 1.91. The minimum Gasteiger partial charge on any atom is -0.385 e. The molecule has 0 fully saturated rings. The standard InChI is InChI=1S/C13H16BrN3O/c1-3-17-12(15-9-16-17)8-13(2,18)10-4-6-11(14)7-5-10/h4-7,9,18H,3,8H2,1-2H3. The Hall–Kier alpha value is -1.20. The minimum absolute atomic E-state index is 0.447. The van der Waals surface area contributed by atoms with Gasteiger partial charge in [0.05, 0.1) is 5.60 Å². The van der Waals surface area contributed by atoms with E-state index in [1.54, 1.807) is 11.6 Å². The summed E-state index contributed by atoms with van der Waals surface area (Å²) >= 11 is 3.39. The molecule has 0 aliphatic heterocycles. The van der Waals surface area contributed by atoms with Gasteiger partial charge in [-0.2, -0.15) is 5.10 Å². The molecule has 1 heterocycles. The van der Waals surface area contributed by atoms with Crippen molar-refractivity contribution < 1.29 is 5.11 Å². The Morgan fingerprint density at radius 2 is 2.00 bits per heavy atom. The molecule has 1 aromatic carbocycles.